The summed E-state index contributed by atoms with van der Waals surface area (Å²) >= 11 is 1.86. The summed E-state index contributed by atoms with van der Waals surface area (Å²) in [5, 5.41) is 9.01. The van der Waals surface area contributed by atoms with Crippen molar-refractivity contribution in [1.29, 1.82) is 0 Å². The van der Waals surface area contributed by atoms with Crippen molar-refractivity contribution in [2.45, 2.75) is 37.6 Å². The quantitative estimate of drug-likeness (QED) is 0.723. The van der Waals surface area contributed by atoms with Gasteiger partial charge in [0.25, 0.3) is 0 Å². The Balaban J connectivity index is 3.15. The maximum Gasteiger partial charge on any atom is 0.336 e. The number of carboxylic acid groups (broad SMARTS) is 1. The van der Waals surface area contributed by atoms with E-state index in [9.17, 15) is 13.2 Å². The van der Waals surface area contributed by atoms with Crippen LogP contribution < -0.4 is 4.72 Å². The summed E-state index contributed by atoms with van der Waals surface area (Å²) in [5.74, 6) is -1.14. The molecule has 0 aliphatic rings. The van der Waals surface area contributed by atoms with E-state index >= 15 is 0 Å². The van der Waals surface area contributed by atoms with Crippen molar-refractivity contribution >= 4 is 38.6 Å². The lowest BCUT2D eigenvalue weighted by Crippen LogP contribution is -2.33. The molecule has 0 radical (unpaired) electrons. The van der Waals surface area contributed by atoms with Crippen molar-refractivity contribution in [3.05, 3.63) is 27.3 Å². The van der Waals surface area contributed by atoms with E-state index in [2.05, 4.69) is 4.72 Å². The minimum absolute atomic E-state index is 0.00646. The Bertz CT molecular complexity index is 567. The van der Waals surface area contributed by atoms with Gasteiger partial charge in [-0.3, -0.25) is 0 Å². The Labute approximate surface area is 126 Å². The molecule has 19 heavy (non-hydrogen) atoms. The van der Waals surface area contributed by atoms with E-state index in [1.165, 1.54) is 18.2 Å². The summed E-state index contributed by atoms with van der Waals surface area (Å²) < 4.78 is 27.4. The second-order valence-corrected chi connectivity index (χ2v) is 6.96. The Morgan fingerprint density at radius 3 is 2.42 bits per heavy atom. The first-order valence-electron chi connectivity index (χ1n) is 5.87. The normalized spacial score (nSPS) is 11.8. The van der Waals surface area contributed by atoms with Crippen LogP contribution >= 0.6 is 22.6 Å². The standard InChI is InChI=1S/C12H16INO4S/c1-3-8(4-2)14-19(17,18)9-5-6-11(13)10(7-9)12(15)16/h5-8,14H,3-4H2,1-2H3,(H,15,16). The molecule has 0 aromatic heterocycles. The van der Waals surface area contributed by atoms with Gasteiger partial charge in [0.2, 0.25) is 10.0 Å². The number of aromatic carboxylic acids is 1. The highest BCUT2D eigenvalue weighted by Crippen LogP contribution is 2.18. The van der Waals surface area contributed by atoms with Gasteiger partial charge in [0.1, 0.15) is 0 Å². The number of hydrogen-bond acceptors (Lipinski definition) is 3. The van der Waals surface area contributed by atoms with E-state index in [-0.39, 0.29) is 16.5 Å². The first-order valence-corrected chi connectivity index (χ1v) is 8.43. The van der Waals surface area contributed by atoms with E-state index in [1.807, 2.05) is 36.4 Å². The van der Waals surface area contributed by atoms with Gasteiger partial charge in [-0.2, -0.15) is 0 Å². The Kier molecular flexibility index (Phi) is 5.75. The number of benzene rings is 1. The van der Waals surface area contributed by atoms with Crippen LogP contribution in [-0.4, -0.2) is 25.5 Å². The molecule has 106 valence electrons. The Morgan fingerprint density at radius 1 is 1.37 bits per heavy atom. The predicted molar refractivity (Wildman–Crippen MR) is 80.8 cm³/mol. The molecule has 0 saturated carbocycles. The van der Waals surface area contributed by atoms with Crippen LogP contribution in [0.4, 0.5) is 0 Å². The van der Waals surface area contributed by atoms with Gasteiger partial charge in [-0.25, -0.2) is 17.9 Å². The molecule has 2 N–H and O–H groups in total. The first-order chi connectivity index (χ1) is 8.81. The third-order valence-corrected chi connectivity index (χ3v) is 5.24. The van der Waals surface area contributed by atoms with Gasteiger partial charge in [-0.05, 0) is 53.6 Å². The minimum atomic E-state index is -3.67. The molecule has 5 nitrogen and oxygen atoms in total. The zero-order valence-corrected chi connectivity index (χ0v) is 13.7. The monoisotopic (exact) mass is 397 g/mol. The number of carboxylic acids is 1. The summed E-state index contributed by atoms with van der Waals surface area (Å²) in [6.07, 6.45) is 1.37. The fraction of sp³-hybridized carbons (Fsp3) is 0.417. The molecular weight excluding hydrogens is 381 g/mol. The maximum absolute atomic E-state index is 12.1. The number of halogens is 1. The van der Waals surface area contributed by atoms with Gasteiger partial charge < -0.3 is 5.11 Å². The van der Waals surface area contributed by atoms with Crippen LogP contribution in [0, 0.1) is 3.57 Å². The molecule has 0 unspecified atom stereocenters. The zero-order valence-electron chi connectivity index (χ0n) is 10.7. The lowest BCUT2D eigenvalue weighted by Gasteiger charge is -2.15. The predicted octanol–water partition coefficient (Wildman–Crippen LogP) is 2.46. The molecule has 0 saturated heterocycles. The summed E-state index contributed by atoms with van der Waals surface area (Å²) in [6, 6.07) is 3.96. The fourth-order valence-electron chi connectivity index (χ4n) is 1.58. The van der Waals surface area contributed by atoms with E-state index in [4.69, 9.17) is 5.11 Å². The van der Waals surface area contributed by atoms with E-state index in [0.29, 0.717) is 16.4 Å². The largest absolute Gasteiger partial charge is 0.478 e. The molecule has 0 fully saturated rings. The third-order valence-electron chi connectivity index (χ3n) is 2.79. The van der Waals surface area contributed by atoms with Crippen molar-refractivity contribution in [3.63, 3.8) is 0 Å². The molecule has 0 bridgehead atoms. The average Bonchev–Trinajstić information content (AvgIpc) is 2.35. The molecule has 0 atom stereocenters. The fourth-order valence-corrected chi connectivity index (χ4v) is 3.57. The van der Waals surface area contributed by atoms with Gasteiger partial charge in [0.15, 0.2) is 0 Å². The van der Waals surface area contributed by atoms with Crippen LogP contribution in [0.15, 0.2) is 23.1 Å². The summed E-state index contributed by atoms with van der Waals surface area (Å²) in [7, 11) is -3.67. The van der Waals surface area contributed by atoms with Crippen molar-refractivity contribution in [3.8, 4) is 0 Å². The number of sulfonamides is 1. The Morgan fingerprint density at radius 2 is 1.95 bits per heavy atom. The average molecular weight is 397 g/mol. The second kappa shape index (κ2) is 6.67. The molecule has 0 aliphatic heterocycles. The highest BCUT2D eigenvalue weighted by atomic mass is 127. The number of carbonyl (C=O) groups is 1. The van der Waals surface area contributed by atoms with Crippen LogP contribution in [0.2, 0.25) is 0 Å². The third kappa shape index (κ3) is 4.15. The van der Waals surface area contributed by atoms with Crippen molar-refractivity contribution in [2.75, 3.05) is 0 Å². The van der Waals surface area contributed by atoms with Crippen molar-refractivity contribution in [2.24, 2.45) is 0 Å². The summed E-state index contributed by atoms with van der Waals surface area (Å²) in [4.78, 5) is 11.0. The van der Waals surface area contributed by atoms with Crippen molar-refractivity contribution in [1.82, 2.24) is 4.72 Å². The van der Waals surface area contributed by atoms with Crippen LogP contribution in [0.25, 0.3) is 0 Å². The number of rotatable bonds is 6. The molecule has 1 aromatic carbocycles. The number of hydrogen-bond donors (Lipinski definition) is 2. The van der Waals surface area contributed by atoms with E-state index < -0.39 is 16.0 Å². The molecular formula is C12H16INO4S. The van der Waals surface area contributed by atoms with Crippen LogP contribution in [-0.2, 0) is 10.0 Å². The highest BCUT2D eigenvalue weighted by molar-refractivity contribution is 14.1. The SMILES string of the molecule is CCC(CC)NS(=O)(=O)c1ccc(I)c(C(=O)O)c1. The molecule has 0 aliphatic carbocycles. The summed E-state index contributed by atoms with van der Waals surface area (Å²) in [6.45, 7) is 3.79. The highest BCUT2D eigenvalue weighted by Gasteiger charge is 2.20. The van der Waals surface area contributed by atoms with Gasteiger partial charge in [-0.1, -0.05) is 13.8 Å². The lowest BCUT2D eigenvalue weighted by atomic mass is 10.2. The van der Waals surface area contributed by atoms with Crippen LogP contribution in [0.5, 0.6) is 0 Å². The molecule has 0 spiro atoms. The molecule has 1 rings (SSSR count). The van der Waals surface area contributed by atoms with Gasteiger partial charge in [0, 0.05) is 9.61 Å². The maximum atomic E-state index is 12.1. The number of nitrogens with one attached hydrogen (secondary N) is 1. The second-order valence-electron chi connectivity index (χ2n) is 4.08. The Hall–Kier alpha value is -0.670. The molecule has 0 heterocycles. The zero-order chi connectivity index (χ0) is 14.6. The van der Waals surface area contributed by atoms with Gasteiger partial charge >= 0.3 is 5.97 Å². The van der Waals surface area contributed by atoms with Crippen LogP contribution in [0.3, 0.4) is 0 Å². The lowest BCUT2D eigenvalue weighted by molar-refractivity contribution is 0.0695. The van der Waals surface area contributed by atoms with E-state index in [0.717, 1.165) is 0 Å². The van der Waals surface area contributed by atoms with Gasteiger partial charge in [0.05, 0.1) is 10.5 Å². The molecule has 7 heteroatoms. The smallest absolute Gasteiger partial charge is 0.336 e. The topological polar surface area (TPSA) is 83.5 Å². The molecule has 0 amide bonds. The molecule has 1 aromatic rings. The minimum Gasteiger partial charge on any atom is -0.478 e. The van der Waals surface area contributed by atoms with Gasteiger partial charge in [-0.15, -0.1) is 0 Å². The van der Waals surface area contributed by atoms with Crippen LogP contribution in [0.1, 0.15) is 37.0 Å². The van der Waals surface area contributed by atoms with Crippen molar-refractivity contribution < 1.29 is 18.3 Å². The van der Waals surface area contributed by atoms with E-state index in [1.54, 1.807) is 0 Å². The summed E-state index contributed by atoms with van der Waals surface area (Å²) in [5.41, 5.74) is -0.00646. The first kappa shape index (κ1) is 16.4.